The van der Waals surface area contributed by atoms with Gasteiger partial charge in [0.15, 0.2) is 5.69 Å². The first-order valence-electron chi connectivity index (χ1n) is 10.4. The summed E-state index contributed by atoms with van der Waals surface area (Å²) in [7, 11) is 0. The standard InChI is InChI=1S/C26H22N2O3/c1-3-28-23-11-6-5-10-20(23)21-15-18(12-13-24(21)28)17-8-7-9-19(14-17)25-27-22(16-31-25)26(29)30-4-2/h5-16H,3-4H2,1-2H3. The number of aromatic nitrogens is 2. The highest BCUT2D eigenvalue weighted by Crippen LogP contribution is 2.33. The molecule has 3 aromatic carbocycles. The first-order chi connectivity index (χ1) is 15.2. The Labute approximate surface area is 179 Å². The Bertz CT molecular complexity index is 1410. The van der Waals surface area contributed by atoms with Crippen molar-refractivity contribution in [3.8, 4) is 22.6 Å². The highest BCUT2D eigenvalue weighted by molar-refractivity contribution is 6.09. The van der Waals surface area contributed by atoms with Crippen molar-refractivity contribution in [3.05, 3.63) is 78.7 Å². The molecule has 31 heavy (non-hydrogen) atoms. The first-order valence-corrected chi connectivity index (χ1v) is 10.4. The van der Waals surface area contributed by atoms with Crippen molar-refractivity contribution in [2.24, 2.45) is 0 Å². The molecule has 0 saturated heterocycles. The molecule has 2 aromatic heterocycles. The normalized spacial score (nSPS) is 11.3. The van der Waals surface area contributed by atoms with Crippen LogP contribution in [0.15, 0.2) is 77.4 Å². The van der Waals surface area contributed by atoms with Gasteiger partial charge in [0.1, 0.15) is 6.26 Å². The highest BCUT2D eigenvalue weighted by Gasteiger charge is 2.15. The third kappa shape index (κ3) is 3.28. The summed E-state index contributed by atoms with van der Waals surface area (Å²) in [6.45, 7) is 5.15. The van der Waals surface area contributed by atoms with Crippen molar-refractivity contribution in [2.45, 2.75) is 20.4 Å². The van der Waals surface area contributed by atoms with Crippen LogP contribution < -0.4 is 0 Å². The van der Waals surface area contributed by atoms with E-state index in [1.54, 1.807) is 6.92 Å². The zero-order chi connectivity index (χ0) is 21.4. The highest BCUT2D eigenvalue weighted by atomic mass is 16.5. The number of carbonyl (C=O) groups is 1. The molecular formula is C26H22N2O3. The minimum Gasteiger partial charge on any atom is -0.461 e. The Morgan fingerprint density at radius 3 is 2.52 bits per heavy atom. The lowest BCUT2D eigenvalue weighted by molar-refractivity contribution is 0.0519. The number of para-hydroxylation sites is 1. The van der Waals surface area contributed by atoms with E-state index in [1.807, 2.05) is 18.2 Å². The van der Waals surface area contributed by atoms with Crippen molar-refractivity contribution >= 4 is 27.8 Å². The zero-order valence-corrected chi connectivity index (χ0v) is 17.5. The van der Waals surface area contributed by atoms with Crippen LogP contribution in [0.5, 0.6) is 0 Å². The van der Waals surface area contributed by atoms with E-state index in [4.69, 9.17) is 9.15 Å². The minimum atomic E-state index is -0.480. The Balaban J connectivity index is 1.57. The molecule has 0 atom stereocenters. The van der Waals surface area contributed by atoms with Gasteiger partial charge in [0, 0.05) is 33.9 Å². The molecule has 154 valence electrons. The van der Waals surface area contributed by atoms with Gasteiger partial charge in [0.2, 0.25) is 5.89 Å². The summed E-state index contributed by atoms with van der Waals surface area (Å²) in [5.41, 5.74) is 5.64. The van der Waals surface area contributed by atoms with Gasteiger partial charge in [0.25, 0.3) is 0 Å². The Kier molecular flexibility index (Phi) is 4.79. The predicted molar refractivity (Wildman–Crippen MR) is 122 cm³/mol. The van der Waals surface area contributed by atoms with Crippen LogP contribution in [0.3, 0.4) is 0 Å². The molecule has 2 heterocycles. The summed E-state index contributed by atoms with van der Waals surface area (Å²) < 4.78 is 12.9. The molecular weight excluding hydrogens is 388 g/mol. The van der Waals surface area contributed by atoms with Crippen LogP contribution in [0.25, 0.3) is 44.4 Å². The second-order valence-corrected chi connectivity index (χ2v) is 7.33. The molecule has 0 bridgehead atoms. The smallest absolute Gasteiger partial charge is 0.360 e. The van der Waals surface area contributed by atoms with Crippen molar-refractivity contribution in [2.75, 3.05) is 6.61 Å². The molecule has 0 radical (unpaired) electrons. The fourth-order valence-electron chi connectivity index (χ4n) is 4.11. The van der Waals surface area contributed by atoms with E-state index in [0.29, 0.717) is 12.5 Å². The number of rotatable bonds is 5. The Hall–Kier alpha value is -3.86. The number of hydrogen-bond donors (Lipinski definition) is 0. The second kappa shape index (κ2) is 7.76. The second-order valence-electron chi connectivity index (χ2n) is 7.33. The summed E-state index contributed by atoms with van der Waals surface area (Å²) in [6, 6.07) is 23.1. The van der Waals surface area contributed by atoms with E-state index in [2.05, 4.69) is 65.0 Å². The van der Waals surface area contributed by atoms with Crippen LogP contribution in [0.1, 0.15) is 24.3 Å². The number of fused-ring (bicyclic) bond motifs is 3. The molecule has 5 heteroatoms. The summed E-state index contributed by atoms with van der Waals surface area (Å²) in [6.07, 6.45) is 1.34. The summed E-state index contributed by atoms with van der Waals surface area (Å²) >= 11 is 0. The maximum Gasteiger partial charge on any atom is 0.360 e. The van der Waals surface area contributed by atoms with Gasteiger partial charge >= 0.3 is 5.97 Å². The SMILES string of the molecule is CCOC(=O)c1coc(-c2cccc(-c3ccc4c(c3)c3ccccc3n4CC)c2)n1. The maximum absolute atomic E-state index is 11.9. The quantitative estimate of drug-likeness (QED) is 0.319. The molecule has 0 amide bonds. The number of ether oxygens (including phenoxy) is 1. The topological polar surface area (TPSA) is 57.3 Å². The van der Waals surface area contributed by atoms with Crippen LogP contribution >= 0.6 is 0 Å². The molecule has 0 aliphatic heterocycles. The van der Waals surface area contributed by atoms with E-state index in [0.717, 1.165) is 23.2 Å². The van der Waals surface area contributed by atoms with E-state index in [-0.39, 0.29) is 5.69 Å². The average Bonchev–Trinajstić information content (AvgIpc) is 3.42. The number of nitrogens with zero attached hydrogens (tertiary/aromatic N) is 2. The van der Waals surface area contributed by atoms with E-state index >= 15 is 0 Å². The van der Waals surface area contributed by atoms with Crippen molar-refractivity contribution < 1.29 is 13.9 Å². The van der Waals surface area contributed by atoms with Crippen molar-refractivity contribution in [1.29, 1.82) is 0 Å². The van der Waals surface area contributed by atoms with Crippen LogP contribution in [0, 0.1) is 0 Å². The first kappa shape index (κ1) is 19.1. The van der Waals surface area contributed by atoms with Gasteiger partial charge in [0.05, 0.1) is 6.61 Å². The third-order valence-corrected chi connectivity index (χ3v) is 5.52. The van der Waals surface area contributed by atoms with Gasteiger partial charge in [-0.25, -0.2) is 9.78 Å². The third-order valence-electron chi connectivity index (χ3n) is 5.52. The summed E-state index contributed by atoms with van der Waals surface area (Å²) in [5, 5.41) is 2.49. The van der Waals surface area contributed by atoms with Crippen LogP contribution in [-0.4, -0.2) is 22.1 Å². The van der Waals surface area contributed by atoms with E-state index < -0.39 is 5.97 Å². The minimum absolute atomic E-state index is 0.177. The van der Waals surface area contributed by atoms with Crippen LogP contribution in [0.4, 0.5) is 0 Å². The Morgan fingerprint density at radius 1 is 0.903 bits per heavy atom. The van der Waals surface area contributed by atoms with Gasteiger partial charge in [-0.3, -0.25) is 0 Å². The number of hydrogen-bond acceptors (Lipinski definition) is 4. The fraction of sp³-hybridized carbons (Fsp3) is 0.154. The number of aryl methyl sites for hydroxylation is 1. The summed E-state index contributed by atoms with van der Waals surface area (Å²) in [5.74, 6) is -0.0833. The zero-order valence-electron chi connectivity index (χ0n) is 17.5. The van der Waals surface area contributed by atoms with Gasteiger partial charge in [-0.2, -0.15) is 0 Å². The van der Waals surface area contributed by atoms with Gasteiger partial charge < -0.3 is 13.7 Å². The van der Waals surface area contributed by atoms with E-state index in [1.165, 1.54) is 28.1 Å². The van der Waals surface area contributed by atoms with Crippen molar-refractivity contribution in [3.63, 3.8) is 0 Å². The molecule has 0 aliphatic rings. The molecule has 0 fully saturated rings. The summed E-state index contributed by atoms with van der Waals surface area (Å²) in [4.78, 5) is 16.2. The Morgan fingerprint density at radius 2 is 1.68 bits per heavy atom. The average molecular weight is 410 g/mol. The molecule has 5 nitrogen and oxygen atoms in total. The monoisotopic (exact) mass is 410 g/mol. The van der Waals surface area contributed by atoms with Gasteiger partial charge in [-0.05, 0) is 55.3 Å². The predicted octanol–water partition coefficient (Wildman–Crippen LogP) is 6.31. The molecule has 0 saturated carbocycles. The number of oxazole rings is 1. The fourth-order valence-corrected chi connectivity index (χ4v) is 4.11. The van der Waals surface area contributed by atoms with Gasteiger partial charge in [-0.15, -0.1) is 0 Å². The molecule has 0 spiro atoms. The molecule has 0 N–H and O–H groups in total. The lowest BCUT2D eigenvalue weighted by atomic mass is 10.0. The molecule has 5 aromatic rings. The van der Waals surface area contributed by atoms with Crippen LogP contribution in [0.2, 0.25) is 0 Å². The van der Waals surface area contributed by atoms with Crippen LogP contribution in [-0.2, 0) is 11.3 Å². The number of esters is 1. The number of benzene rings is 3. The lowest BCUT2D eigenvalue weighted by Gasteiger charge is -2.06. The van der Waals surface area contributed by atoms with E-state index in [9.17, 15) is 4.79 Å². The molecule has 5 rings (SSSR count). The molecule has 0 unspecified atom stereocenters. The maximum atomic E-state index is 11.9. The molecule has 0 aliphatic carbocycles. The van der Waals surface area contributed by atoms with Crippen molar-refractivity contribution in [1.82, 2.24) is 9.55 Å². The van der Waals surface area contributed by atoms with Gasteiger partial charge in [-0.1, -0.05) is 36.4 Å². The number of carbonyl (C=O) groups excluding carboxylic acids is 1. The largest absolute Gasteiger partial charge is 0.461 e. The lowest BCUT2D eigenvalue weighted by Crippen LogP contribution is -2.04.